The highest BCUT2D eigenvalue weighted by atomic mass is 79.9. The van der Waals surface area contributed by atoms with E-state index in [-0.39, 0.29) is 0 Å². The van der Waals surface area contributed by atoms with E-state index in [9.17, 15) is 5.11 Å². The summed E-state index contributed by atoms with van der Waals surface area (Å²) < 4.78 is 0.970. The lowest BCUT2D eigenvalue weighted by molar-refractivity contribution is 0.465. The van der Waals surface area contributed by atoms with Crippen LogP contribution in [0.5, 0.6) is 5.75 Å². The van der Waals surface area contributed by atoms with Gasteiger partial charge in [0.1, 0.15) is 5.75 Å². The Morgan fingerprint density at radius 2 is 2.08 bits per heavy atom. The second-order valence-corrected chi connectivity index (χ2v) is 3.69. The number of hydrogen-bond acceptors (Lipinski definition) is 2. The van der Waals surface area contributed by atoms with E-state index < -0.39 is 0 Å². The van der Waals surface area contributed by atoms with Gasteiger partial charge in [0.25, 0.3) is 0 Å². The molecule has 0 unspecified atom stereocenters. The van der Waals surface area contributed by atoms with E-state index in [1.807, 2.05) is 19.9 Å². The minimum Gasteiger partial charge on any atom is -0.507 e. The molecule has 0 saturated carbocycles. The van der Waals surface area contributed by atoms with E-state index in [0.29, 0.717) is 12.3 Å². The highest BCUT2D eigenvalue weighted by Crippen LogP contribution is 2.30. The average molecular weight is 230 g/mol. The van der Waals surface area contributed by atoms with Crippen LogP contribution in [0.3, 0.4) is 0 Å². The summed E-state index contributed by atoms with van der Waals surface area (Å²) in [6.07, 6.45) is 0. The van der Waals surface area contributed by atoms with Crippen molar-refractivity contribution in [2.45, 2.75) is 20.4 Å². The SMILES string of the molecule is Cc1cc(Br)c(CN)c(C)c1O. The first-order chi connectivity index (χ1) is 5.57. The Labute approximate surface area is 80.5 Å². The summed E-state index contributed by atoms with van der Waals surface area (Å²) >= 11 is 3.40. The Morgan fingerprint density at radius 1 is 1.50 bits per heavy atom. The van der Waals surface area contributed by atoms with Crippen LogP contribution in [-0.2, 0) is 6.54 Å². The molecule has 0 aromatic heterocycles. The van der Waals surface area contributed by atoms with E-state index in [0.717, 1.165) is 21.2 Å². The van der Waals surface area contributed by atoms with E-state index in [1.165, 1.54) is 0 Å². The van der Waals surface area contributed by atoms with Crippen molar-refractivity contribution in [3.05, 3.63) is 27.2 Å². The standard InChI is InChI=1S/C9H12BrNO/c1-5-3-8(10)7(4-11)6(2)9(5)12/h3,12H,4,11H2,1-2H3. The Bertz CT molecular complexity index is 310. The zero-order valence-corrected chi connectivity index (χ0v) is 8.77. The van der Waals surface area contributed by atoms with E-state index in [2.05, 4.69) is 15.9 Å². The molecule has 0 fully saturated rings. The van der Waals surface area contributed by atoms with Crippen molar-refractivity contribution in [2.24, 2.45) is 5.73 Å². The molecule has 0 aliphatic rings. The molecule has 1 aromatic rings. The van der Waals surface area contributed by atoms with Gasteiger partial charge in [-0.3, -0.25) is 0 Å². The Hall–Kier alpha value is -0.540. The Morgan fingerprint density at radius 3 is 2.58 bits per heavy atom. The van der Waals surface area contributed by atoms with Crippen LogP contribution in [0.1, 0.15) is 16.7 Å². The maximum atomic E-state index is 9.57. The highest BCUT2D eigenvalue weighted by Gasteiger charge is 2.08. The van der Waals surface area contributed by atoms with Crippen molar-refractivity contribution in [3.8, 4) is 5.75 Å². The second kappa shape index (κ2) is 3.46. The van der Waals surface area contributed by atoms with E-state index in [1.54, 1.807) is 0 Å². The number of aromatic hydroxyl groups is 1. The number of benzene rings is 1. The quantitative estimate of drug-likeness (QED) is 0.777. The van der Waals surface area contributed by atoms with Crippen LogP contribution in [0.2, 0.25) is 0 Å². The van der Waals surface area contributed by atoms with E-state index >= 15 is 0 Å². The molecule has 0 aliphatic carbocycles. The first-order valence-electron chi connectivity index (χ1n) is 3.75. The Kier molecular flexibility index (Phi) is 2.75. The third-order valence-corrected chi connectivity index (χ3v) is 2.72. The second-order valence-electron chi connectivity index (χ2n) is 2.83. The van der Waals surface area contributed by atoms with Crippen molar-refractivity contribution in [3.63, 3.8) is 0 Å². The molecule has 0 amide bonds. The molecule has 0 radical (unpaired) electrons. The van der Waals surface area contributed by atoms with Gasteiger partial charge >= 0.3 is 0 Å². The molecular formula is C9H12BrNO. The van der Waals surface area contributed by atoms with Gasteiger partial charge in [-0.05, 0) is 36.6 Å². The molecule has 1 rings (SSSR count). The summed E-state index contributed by atoms with van der Waals surface area (Å²) in [5.41, 5.74) is 8.24. The summed E-state index contributed by atoms with van der Waals surface area (Å²) in [5, 5.41) is 9.57. The highest BCUT2D eigenvalue weighted by molar-refractivity contribution is 9.10. The van der Waals surface area contributed by atoms with Gasteiger partial charge in [0.15, 0.2) is 0 Å². The molecule has 0 aliphatic heterocycles. The van der Waals surface area contributed by atoms with Crippen molar-refractivity contribution in [2.75, 3.05) is 0 Å². The monoisotopic (exact) mass is 229 g/mol. The van der Waals surface area contributed by atoms with Crippen molar-refractivity contribution < 1.29 is 5.11 Å². The summed E-state index contributed by atoms with van der Waals surface area (Å²) in [6, 6.07) is 1.88. The number of aryl methyl sites for hydroxylation is 1. The molecule has 2 nitrogen and oxygen atoms in total. The first-order valence-corrected chi connectivity index (χ1v) is 4.54. The molecular weight excluding hydrogens is 218 g/mol. The fourth-order valence-electron chi connectivity index (χ4n) is 1.21. The maximum absolute atomic E-state index is 9.57. The summed E-state index contributed by atoms with van der Waals surface area (Å²) in [6.45, 7) is 4.18. The molecule has 3 N–H and O–H groups in total. The Balaban J connectivity index is 3.40. The van der Waals surface area contributed by atoms with Gasteiger partial charge in [0.05, 0.1) is 0 Å². The van der Waals surface area contributed by atoms with Gasteiger partial charge in [-0.25, -0.2) is 0 Å². The number of rotatable bonds is 1. The normalized spacial score (nSPS) is 10.3. The average Bonchev–Trinajstić information content (AvgIpc) is 2.01. The summed E-state index contributed by atoms with van der Waals surface area (Å²) in [4.78, 5) is 0. The molecule has 12 heavy (non-hydrogen) atoms. The molecule has 1 aromatic carbocycles. The minimum absolute atomic E-state index is 0.346. The van der Waals surface area contributed by atoms with Crippen molar-refractivity contribution in [1.82, 2.24) is 0 Å². The zero-order chi connectivity index (χ0) is 9.30. The van der Waals surface area contributed by atoms with Crippen LogP contribution in [0, 0.1) is 13.8 Å². The predicted octanol–water partition coefficient (Wildman–Crippen LogP) is 2.23. The van der Waals surface area contributed by atoms with Gasteiger partial charge < -0.3 is 10.8 Å². The lowest BCUT2D eigenvalue weighted by Gasteiger charge is -2.10. The summed E-state index contributed by atoms with van der Waals surface area (Å²) in [5.74, 6) is 0.346. The molecule has 0 bridgehead atoms. The number of nitrogens with two attached hydrogens (primary N) is 1. The van der Waals surface area contributed by atoms with Crippen LogP contribution in [0.4, 0.5) is 0 Å². The van der Waals surface area contributed by atoms with Crippen LogP contribution in [0.25, 0.3) is 0 Å². The molecule has 0 saturated heterocycles. The van der Waals surface area contributed by atoms with Crippen molar-refractivity contribution >= 4 is 15.9 Å². The van der Waals surface area contributed by atoms with Crippen molar-refractivity contribution in [1.29, 1.82) is 0 Å². The largest absolute Gasteiger partial charge is 0.507 e. The third-order valence-electron chi connectivity index (χ3n) is 2.02. The lowest BCUT2D eigenvalue weighted by atomic mass is 10.0. The van der Waals surface area contributed by atoms with Crippen LogP contribution in [0.15, 0.2) is 10.5 Å². The number of phenols is 1. The van der Waals surface area contributed by atoms with E-state index in [4.69, 9.17) is 5.73 Å². The summed E-state index contributed by atoms with van der Waals surface area (Å²) in [7, 11) is 0. The smallest absolute Gasteiger partial charge is 0.121 e. The minimum atomic E-state index is 0.346. The number of hydrogen-bond donors (Lipinski definition) is 2. The molecule has 0 spiro atoms. The van der Waals surface area contributed by atoms with Crippen LogP contribution in [-0.4, -0.2) is 5.11 Å². The molecule has 0 atom stereocenters. The van der Waals surface area contributed by atoms with Gasteiger partial charge in [0, 0.05) is 11.0 Å². The van der Waals surface area contributed by atoms with Gasteiger partial charge in [-0.15, -0.1) is 0 Å². The molecule has 0 heterocycles. The van der Waals surface area contributed by atoms with Gasteiger partial charge in [0.2, 0.25) is 0 Å². The molecule has 66 valence electrons. The lowest BCUT2D eigenvalue weighted by Crippen LogP contribution is -2.01. The number of phenolic OH excluding ortho intramolecular Hbond substituents is 1. The van der Waals surface area contributed by atoms with Crippen LogP contribution >= 0.6 is 15.9 Å². The maximum Gasteiger partial charge on any atom is 0.121 e. The third kappa shape index (κ3) is 1.47. The van der Waals surface area contributed by atoms with Gasteiger partial charge in [-0.1, -0.05) is 15.9 Å². The topological polar surface area (TPSA) is 46.2 Å². The predicted molar refractivity (Wildman–Crippen MR) is 53.2 cm³/mol. The first kappa shape index (κ1) is 9.55. The van der Waals surface area contributed by atoms with Gasteiger partial charge in [-0.2, -0.15) is 0 Å². The zero-order valence-electron chi connectivity index (χ0n) is 7.19. The number of halogens is 1. The molecule has 3 heteroatoms. The fourth-order valence-corrected chi connectivity index (χ4v) is 2.02. The fraction of sp³-hybridized carbons (Fsp3) is 0.333. The van der Waals surface area contributed by atoms with Crippen LogP contribution < -0.4 is 5.73 Å².